The maximum Gasteiger partial charge on any atom is 0.490 e. The minimum Gasteiger partial charge on any atom is -0.475 e. The number of benzene rings is 1. The first-order valence-electron chi connectivity index (χ1n) is 10.9. The summed E-state index contributed by atoms with van der Waals surface area (Å²) in [6.45, 7) is 12.8. The maximum atomic E-state index is 13.4. The lowest BCUT2D eigenvalue weighted by atomic mass is 10.1. The number of nitrogens with zero attached hydrogens (tertiary/aromatic N) is 2. The number of alkyl halides is 3. The van der Waals surface area contributed by atoms with E-state index < -0.39 is 22.2 Å². The van der Waals surface area contributed by atoms with Crippen LogP contribution < -0.4 is 5.32 Å². The highest BCUT2D eigenvalue weighted by molar-refractivity contribution is 7.89. The highest BCUT2D eigenvalue weighted by Crippen LogP contribution is 2.24. The van der Waals surface area contributed by atoms with Gasteiger partial charge in [-0.15, -0.1) is 0 Å². The number of rotatable bonds is 7. The molecule has 0 aliphatic carbocycles. The van der Waals surface area contributed by atoms with Crippen LogP contribution in [-0.2, 0) is 19.6 Å². The van der Waals surface area contributed by atoms with E-state index in [1.54, 1.807) is 11.0 Å². The Morgan fingerprint density at radius 2 is 1.59 bits per heavy atom. The molecule has 1 aliphatic rings. The molecular weight excluding hydrogens is 475 g/mol. The molecule has 1 aliphatic heterocycles. The van der Waals surface area contributed by atoms with Crippen LogP contribution in [0.15, 0.2) is 17.0 Å². The lowest BCUT2D eigenvalue weighted by molar-refractivity contribution is -0.192. The maximum absolute atomic E-state index is 13.4. The molecule has 1 fully saturated rings. The van der Waals surface area contributed by atoms with Gasteiger partial charge in [0.1, 0.15) is 0 Å². The molecule has 0 bridgehead atoms. The number of carboxylic acid groups (broad SMARTS) is 1. The highest BCUT2D eigenvalue weighted by Gasteiger charge is 2.38. The predicted octanol–water partition coefficient (Wildman–Crippen LogP) is 2.71. The largest absolute Gasteiger partial charge is 0.490 e. The first kappa shape index (κ1) is 29.9. The summed E-state index contributed by atoms with van der Waals surface area (Å²) in [5.74, 6) is -2.52. The van der Waals surface area contributed by atoms with E-state index in [9.17, 15) is 26.4 Å². The van der Waals surface area contributed by atoms with Crippen molar-refractivity contribution in [1.82, 2.24) is 14.5 Å². The first-order valence-corrected chi connectivity index (χ1v) is 12.4. The second kappa shape index (κ2) is 12.5. The molecule has 0 aromatic heterocycles. The number of sulfonamides is 1. The van der Waals surface area contributed by atoms with Crippen molar-refractivity contribution in [1.29, 1.82) is 0 Å². The average Bonchev–Trinajstić information content (AvgIpc) is 2.73. The number of nitrogens with one attached hydrogen (secondary N) is 1. The van der Waals surface area contributed by atoms with Gasteiger partial charge in [-0.05, 0) is 55.9 Å². The summed E-state index contributed by atoms with van der Waals surface area (Å²) in [7, 11) is -3.73. The molecule has 1 aromatic carbocycles. The Morgan fingerprint density at radius 1 is 1.09 bits per heavy atom. The van der Waals surface area contributed by atoms with Gasteiger partial charge in [-0.1, -0.05) is 19.9 Å². The van der Waals surface area contributed by atoms with E-state index in [-0.39, 0.29) is 12.5 Å². The number of carbonyl (C=O) groups is 2. The zero-order chi connectivity index (χ0) is 26.3. The molecule has 0 unspecified atom stereocenters. The van der Waals surface area contributed by atoms with Crippen molar-refractivity contribution >= 4 is 21.9 Å². The minimum atomic E-state index is -5.08. The fourth-order valence-electron chi connectivity index (χ4n) is 3.20. The van der Waals surface area contributed by atoms with E-state index in [2.05, 4.69) is 19.2 Å². The Bertz CT molecular complexity index is 959. The SMILES string of the molecule is Cc1cc(C)c(S(=O)(=O)N(CCC(C)C)CC(=O)N2CCNCC2)cc1C.O=C(O)C(F)(F)F. The Hall–Kier alpha value is -2.18. The van der Waals surface area contributed by atoms with Gasteiger partial charge in [-0.25, -0.2) is 13.2 Å². The molecule has 1 heterocycles. The summed E-state index contributed by atoms with van der Waals surface area (Å²) < 4.78 is 59.9. The normalized spacial score (nSPS) is 14.7. The molecule has 1 saturated heterocycles. The number of amides is 1. The Kier molecular flexibility index (Phi) is 11.0. The van der Waals surface area contributed by atoms with Gasteiger partial charge in [-0.2, -0.15) is 17.5 Å². The van der Waals surface area contributed by atoms with E-state index >= 15 is 0 Å². The average molecular weight is 510 g/mol. The second-order valence-corrected chi connectivity index (χ2v) is 10.6. The van der Waals surface area contributed by atoms with Gasteiger partial charge in [0.05, 0.1) is 11.4 Å². The van der Waals surface area contributed by atoms with Crippen LogP contribution in [0.4, 0.5) is 13.2 Å². The van der Waals surface area contributed by atoms with Crippen molar-refractivity contribution in [2.45, 2.75) is 52.1 Å². The molecule has 2 rings (SSSR count). The molecule has 0 atom stereocenters. The quantitative estimate of drug-likeness (QED) is 0.586. The molecule has 0 saturated carbocycles. The van der Waals surface area contributed by atoms with E-state index in [0.717, 1.165) is 36.2 Å². The third-order valence-electron chi connectivity index (χ3n) is 5.39. The molecule has 194 valence electrons. The lowest BCUT2D eigenvalue weighted by Gasteiger charge is -2.30. The fraction of sp³-hybridized carbons (Fsp3) is 0.636. The number of hydrogen-bond acceptors (Lipinski definition) is 5. The molecule has 34 heavy (non-hydrogen) atoms. The number of piperazine rings is 1. The Labute approximate surface area is 199 Å². The van der Waals surface area contributed by atoms with Gasteiger partial charge in [-0.3, -0.25) is 4.79 Å². The van der Waals surface area contributed by atoms with Crippen LogP contribution in [0.2, 0.25) is 0 Å². The smallest absolute Gasteiger partial charge is 0.475 e. The third kappa shape index (κ3) is 8.88. The topological polar surface area (TPSA) is 107 Å². The summed E-state index contributed by atoms with van der Waals surface area (Å²) in [5.41, 5.74) is 2.73. The van der Waals surface area contributed by atoms with Crippen LogP contribution >= 0.6 is 0 Å². The van der Waals surface area contributed by atoms with Gasteiger partial charge in [0.2, 0.25) is 15.9 Å². The monoisotopic (exact) mass is 509 g/mol. The summed E-state index contributed by atoms with van der Waals surface area (Å²) in [4.78, 5) is 23.7. The lowest BCUT2D eigenvalue weighted by Crippen LogP contribution is -2.50. The van der Waals surface area contributed by atoms with Crippen LogP contribution in [0, 0.1) is 26.7 Å². The van der Waals surface area contributed by atoms with Crippen molar-refractivity contribution in [3.8, 4) is 0 Å². The molecule has 1 amide bonds. The zero-order valence-corrected chi connectivity index (χ0v) is 21.0. The molecule has 1 aromatic rings. The Balaban J connectivity index is 0.000000718. The van der Waals surface area contributed by atoms with Crippen molar-refractivity contribution in [3.05, 3.63) is 28.8 Å². The van der Waals surface area contributed by atoms with Gasteiger partial charge in [0.25, 0.3) is 0 Å². The van der Waals surface area contributed by atoms with Crippen molar-refractivity contribution < 1.29 is 36.3 Å². The highest BCUT2D eigenvalue weighted by atomic mass is 32.2. The Morgan fingerprint density at radius 3 is 2.06 bits per heavy atom. The van der Waals surface area contributed by atoms with Gasteiger partial charge >= 0.3 is 12.1 Å². The number of carboxylic acids is 1. The molecule has 12 heteroatoms. The van der Waals surface area contributed by atoms with Crippen LogP contribution in [-0.4, -0.2) is 80.1 Å². The van der Waals surface area contributed by atoms with E-state index in [4.69, 9.17) is 9.90 Å². The standard InChI is InChI=1S/C20H33N3O3S.C2HF3O2/c1-15(2)6-9-23(14-20(24)22-10-7-21-8-11-22)27(25,26)19-13-17(4)16(3)12-18(19)5;3-2(4,5)1(6)7/h12-13,15,21H,6-11,14H2,1-5H3;(H,6,7). The van der Waals surface area contributed by atoms with Crippen LogP contribution in [0.1, 0.15) is 37.0 Å². The van der Waals surface area contributed by atoms with Gasteiger partial charge < -0.3 is 15.3 Å². The molecular formula is C22H34F3N3O5S. The molecule has 0 radical (unpaired) electrons. The van der Waals surface area contributed by atoms with Crippen molar-refractivity contribution in [2.75, 3.05) is 39.3 Å². The van der Waals surface area contributed by atoms with Crippen LogP contribution in [0.5, 0.6) is 0 Å². The molecule has 2 N–H and O–H groups in total. The number of aliphatic carboxylic acids is 1. The predicted molar refractivity (Wildman–Crippen MR) is 122 cm³/mol. The summed E-state index contributed by atoms with van der Waals surface area (Å²) in [5, 5.41) is 10.3. The second-order valence-electron chi connectivity index (χ2n) is 8.66. The summed E-state index contributed by atoms with van der Waals surface area (Å²) in [6.07, 6.45) is -4.36. The van der Waals surface area contributed by atoms with E-state index in [0.29, 0.717) is 30.4 Å². The number of carbonyl (C=O) groups excluding carboxylic acids is 1. The minimum absolute atomic E-state index is 0.0958. The van der Waals surface area contributed by atoms with E-state index in [1.807, 2.05) is 26.8 Å². The fourth-order valence-corrected chi connectivity index (χ4v) is 4.90. The van der Waals surface area contributed by atoms with Crippen LogP contribution in [0.25, 0.3) is 0 Å². The van der Waals surface area contributed by atoms with Crippen LogP contribution in [0.3, 0.4) is 0 Å². The van der Waals surface area contributed by atoms with Crippen molar-refractivity contribution in [3.63, 3.8) is 0 Å². The number of halogens is 3. The third-order valence-corrected chi connectivity index (χ3v) is 7.38. The first-order chi connectivity index (χ1) is 15.6. The summed E-state index contributed by atoms with van der Waals surface area (Å²) >= 11 is 0. The van der Waals surface area contributed by atoms with Gasteiger partial charge in [0, 0.05) is 32.7 Å². The zero-order valence-electron chi connectivity index (χ0n) is 20.2. The summed E-state index contributed by atoms with van der Waals surface area (Å²) in [6, 6.07) is 3.64. The number of hydrogen-bond donors (Lipinski definition) is 2. The van der Waals surface area contributed by atoms with Gasteiger partial charge in [0.15, 0.2) is 0 Å². The van der Waals surface area contributed by atoms with Crippen molar-refractivity contribution in [2.24, 2.45) is 5.92 Å². The van der Waals surface area contributed by atoms with E-state index in [1.165, 1.54) is 4.31 Å². The molecule has 8 nitrogen and oxygen atoms in total. The number of aryl methyl sites for hydroxylation is 3. The molecule has 0 spiro atoms.